The van der Waals surface area contributed by atoms with Crippen LogP contribution in [0.5, 0.6) is 0 Å². The van der Waals surface area contributed by atoms with Crippen LogP contribution in [0.4, 0.5) is 0 Å². The van der Waals surface area contributed by atoms with Crippen molar-refractivity contribution in [2.24, 2.45) is 11.3 Å². The van der Waals surface area contributed by atoms with Gasteiger partial charge in [0.1, 0.15) is 0 Å². The summed E-state index contributed by atoms with van der Waals surface area (Å²) in [5.41, 5.74) is -0.0960. The molecular formula is C16H30N2O2. The van der Waals surface area contributed by atoms with Crippen LogP contribution >= 0.6 is 0 Å². The molecule has 1 saturated heterocycles. The fourth-order valence-electron chi connectivity index (χ4n) is 3.73. The van der Waals surface area contributed by atoms with Crippen molar-refractivity contribution in [2.75, 3.05) is 27.2 Å². The number of rotatable bonds is 4. The normalized spacial score (nSPS) is 33.5. The fraction of sp³-hybridized carbons (Fsp3) is 0.938. The van der Waals surface area contributed by atoms with Gasteiger partial charge in [0, 0.05) is 32.0 Å². The standard InChI is InChI=1S/C16H30N2O2/c1-15(2)13(11-16(15,3)20-5)18(4)14(19)10-12-6-8-17-9-7-12/h12-13,17H,6-11H2,1-5H3. The first-order valence-electron chi connectivity index (χ1n) is 7.83. The van der Waals surface area contributed by atoms with E-state index in [4.69, 9.17) is 4.74 Å². The third-order valence-corrected chi connectivity index (χ3v) is 6.01. The van der Waals surface area contributed by atoms with Crippen LogP contribution in [-0.4, -0.2) is 49.7 Å². The molecule has 0 spiro atoms. The van der Waals surface area contributed by atoms with E-state index in [9.17, 15) is 4.79 Å². The van der Waals surface area contributed by atoms with Gasteiger partial charge in [-0.3, -0.25) is 4.79 Å². The minimum Gasteiger partial charge on any atom is -0.378 e. The monoisotopic (exact) mass is 282 g/mol. The SMILES string of the molecule is COC1(C)CC(N(C)C(=O)CC2CCNCC2)C1(C)C. The van der Waals surface area contributed by atoms with E-state index in [1.807, 2.05) is 11.9 Å². The number of piperidine rings is 1. The summed E-state index contributed by atoms with van der Waals surface area (Å²) in [5, 5.41) is 3.35. The smallest absolute Gasteiger partial charge is 0.222 e. The van der Waals surface area contributed by atoms with E-state index in [0.29, 0.717) is 24.3 Å². The molecule has 0 radical (unpaired) electrons. The van der Waals surface area contributed by atoms with Crippen LogP contribution in [0.1, 0.15) is 46.5 Å². The Morgan fingerprint density at radius 3 is 2.40 bits per heavy atom. The van der Waals surface area contributed by atoms with E-state index < -0.39 is 0 Å². The Bertz CT molecular complexity index is 363. The van der Waals surface area contributed by atoms with Crippen LogP contribution in [-0.2, 0) is 9.53 Å². The van der Waals surface area contributed by atoms with E-state index in [1.54, 1.807) is 7.11 Å². The maximum absolute atomic E-state index is 12.5. The summed E-state index contributed by atoms with van der Waals surface area (Å²) in [5.74, 6) is 0.858. The van der Waals surface area contributed by atoms with Gasteiger partial charge in [-0.1, -0.05) is 13.8 Å². The number of carbonyl (C=O) groups is 1. The van der Waals surface area contributed by atoms with E-state index >= 15 is 0 Å². The van der Waals surface area contributed by atoms with Crippen molar-refractivity contribution < 1.29 is 9.53 Å². The Balaban J connectivity index is 1.91. The second-order valence-electron chi connectivity index (χ2n) is 7.28. The molecule has 0 aromatic rings. The number of nitrogens with one attached hydrogen (secondary N) is 1. The molecule has 1 saturated carbocycles. The van der Waals surface area contributed by atoms with Gasteiger partial charge in [-0.2, -0.15) is 0 Å². The van der Waals surface area contributed by atoms with Crippen molar-refractivity contribution in [2.45, 2.75) is 58.1 Å². The second-order valence-corrected chi connectivity index (χ2v) is 7.28. The summed E-state index contributed by atoms with van der Waals surface area (Å²) >= 11 is 0. The highest BCUT2D eigenvalue weighted by atomic mass is 16.5. The number of carbonyl (C=O) groups excluding carboxylic acids is 1. The molecule has 1 amide bonds. The van der Waals surface area contributed by atoms with Crippen LogP contribution in [0.2, 0.25) is 0 Å². The van der Waals surface area contributed by atoms with E-state index in [0.717, 1.165) is 32.4 Å². The lowest BCUT2D eigenvalue weighted by atomic mass is 9.55. The van der Waals surface area contributed by atoms with Crippen molar-refractivity contribution in [3.8, 4) is 0 Å². The van der Waals surface area contributed by atoms with Crippen LogP contribution in [0.25, 0.3) is 0 Å². The highest BCUT2D eigenvalue weighted by molar-refractivity contribution is 5.76. The van der Waals surface area contributed by atoms with Crippen LogP contribution < -0.4 is 5.32 Å². The van der Waals surface area contributed by atoms with Gasteiger partial charge in [-0.05, 0) is 45.2 Å². The topological polar surface area (TPSA) is 41.6 Å². The number of amides is 1. The molecule has 2 rings (SSSR count). The minimum absolute atomic E-state index is 0.0142. The van der Waals surface area contributed by atoms with Crippen LogP contribution in [0.3, 0.4) is 0 Å². The highest BCUT2D eigenvalue weighted by Crippen LogP contribution is 2.53. The van der Waals surface area contributed by atoms with Crippen molar-refractivity contribution >= 4 is 5.91 Å². The van der Waals surface area contributed by atoms with E-state index in [1.165, 1.54) is 0 Å². The second kappa shape index (κ2) is 5.64. The Morgan fingerprint density at radius 2 is 1.90 bits per heavy atom. The Hall–Kier alpha value is -0.610. The summed E-state index contributed by atoms with van der Waals surface area (Å²) in [6.07, 6.45) is 3.90. The average Bonchev–Trinajstić information content (AvgIpc) is 2.44. The number of ether oxygens (including phenoxy) is 1. The van der Waals surface area contributed by atoms with Gasteiger partial charge in [0.15, 0.2) is 0 Å². The zero-order valence-electron chi connectivity index (χ0n) is 13.7. The zero-order chi connectivity index (χ0) is 15.0. The first kappa shape index (κ1) is 15.8. The summed E-state index contributed by atoms with van der Waals surface area (Å²) < 4.78 is 5.65. The number of methoxy groups -OCH3 is 1. The molecule has 116 valence electrons. The van der Waals surface area contributed by atoms with Gasteiger partial charge in [-0.25, -0.2) is 0 Å². The zero-order valence-corrected chi connectivity index (χ0v) is 13.7. The van der Waals surface area contributed by atoms with Gasteiger partial charge in [0.05, 0.1) is 5.60 Å². The predicted molar refractivity (Wildman–Crippen MR) is 80.6 cm³/mol. The molecule has 4 heteroatoms. The first-order valence-corrected chi connectivity index (χ1v) is 7.83. The summed E-state index contributed by atoms with van der Waals surface area (Å²) in [6, 6.07) is 0.293. The van der Waals surface area contributed by atoms with Crippen LogP contribution in [0, 0.1) is 11.3 Å². The quantitative estimate of drug-likeness (QED) is 0.858. The maximum Gasteiger partial charge on any atom is 0.222 e. The first-order chi connectivity index (χ1) is 9.32. The van der Waals surface area contributed by atoms with Gasteiger partial charge < -0.3 is 15.0 Å². The van der Waals surface area contributed by atoms with E-state index in [2.05, 4.69) is 26.1 Å². The van der Waals surface area contributed by atoms with E-state index in [-0.39, 0.29) is 11.0 Å². The molecular weight excluding hydrogens is 252 g/mol. The lowest BCUT2D eigenvalue weighted by Gasteiger charge is -2.61. The fourth-order valence-corrected chi connectivity index (χ4v) is 3.73. The Labute approximate surface area is 123 Å². The van der Waals surface area contributed by atoms with Gasteiger partial charge >= 0.3 is 0 Å². The number of hydrogen-bond acceptors (Lipinski definition) is 3. The molecule has 0 bridgehead atoms. The summed E-state index contributed by atoms with van der Waals surface area (Å²) in [6.45, 7) is 8.67. The molecule has 20 heavy (non-hydrogen) atoms. The lowest BCUT2D eigenvalue weighted by Crippen LogP contribution is -2.68. The Kier molecular flexibility index (Phi) is 4.45. The van der Waals surface area contributed by atoms with Gasteiger partial charge in [0.2, 0.25) is 5.91 Å². The van der Waals surface area contributed by atoms with Crippen molar-refractivity contribution in [1.29, 1.82) is 0 Å². The molecule has 1 aliphatic heterocycles. The van der Waals surface area contributed by atoms with Crippen LogP contribution in [0.15, 0.2) is 0 Å². The molecule has 0 aromatic heterocycles. The maximum atomic E-state index is 12.5. The number of hydrogen-bond donors (Lipinski definition) is 1. The predicted octanol–water partition coefficient (Wildman–Crippen LogP) is 2.04. The lowest BCUT2D eigenvalue weighted by molar-refractivity contribution is -0.207. The molecule has 0 aromatic carbocycles. The van der Waals surface area contributed by atoms with Crippen molar-refractivity contribution in [3.63, 3.8) is 0 Å². The van der Waals surface area contributed by atoms with Gasteiger partial charge in [-0.15, -0.1) is 0 Å². The summed E-state index contributed by atoms with van der Waals surface area (Å²) in [7, 11) is 3.74. The molecule has 2 aliphatic rings. The molecule has 2 fully saturated rings. The molecule has 1 N–H and O–H groups in total. The highest BCUT2D eigenvalue weighted by Gasteiger charge is 2.59. The molecule has 1 heterocycles. The average molecular weight is 282 g/mol. The third kappa shape index (κ3) is 2.60. The molecule has 2 atom stereocenters. The molecule has 4 nitrogen and oxygen atoms in total. The number of nitrogens with zero attached hydrogens (tertiary/aromatic N) is 1. The largest absolute Gasteiger partial charge is 0.378 e. The minimum atomic E-state index is -0.110. The van der Waals surface area contributed by atoms with Gasteiger partial charge in [0.25, 0.3) is 0 Å². The third-order valence-electron chi connectivity index (χ3n) is 6.01. The summed E-state index contributed by atoms with van der Waals surface area (Å²) in [4.78, 5) is 14.5. The molecule has 1 aliphatic carbocycles. The molecule has 2 unspecified atom stereocenters. The Morgan fingerprint density at radius 1 is 1.30 bits per heavy atom. The van der Waals surface area contributed by atoms with Crippen molar-refractivity contribution in [1.82, 2.24) is 10.2 Å². The van der Waals surface area contributed by atoms with Crippen molar-refractivity contribution in [3.05, 3.63) is 0 Å².